The first kappa shape index (κ1) is 24.0. The van der Waals surface area contributed by atoms with E-state index in [4.69, 9.17) is 9.47 Å². The summed E-state index contributed by atoms with van der Waals surface area (Å²) in [7, 11) is 1.36. The molecule has 1 unspecified atom stereocenters. The molecule has 0 bridgehead atoms. The zero-order chi connectivity index (χ0) is 23.8. The molecule has 5 atom stereocenters. The van der Waals surface area contributed by atoms with Crippen LogP contribution < -0.4 is 0 Å². The fourth-order valence-corrected chi connectivity index (χ4v) is 5.23. The maximum atomic E-state index is 13.2. The summed E-state index contributed by atoms with van der Waals surface area (Å²) < 4.78 is 24.6. The summed E-state index contributed by atoms with van der Waals surface area (Å²) in [5, 5.41) is 40.5. The normalized spacial score (nSPS) is 26.0. The third-order valence-electron chi connectivity index (χ3n) is 6.14. The molecule has 0 spiro atoms. The number of rotatable bonds is 7. The van der Waals surface area contributed by atoms with E-state index in [-0.39, 0.29) is 5.82 Å². The van der Waals surface area contributed by atoms with Gasteiger partial charge in [-0.3, -0.25) is 0 Å². The van der Waals surface area contributed by atoms with Crippen molar-refractivity contribution in [2.75, 3.05) is 13.7 Å². The van der Waals surface area contributed by atoms with E-state index in [0.717, 1.165) is 26.4 Å². The Morgan fingerprint density at radius 3 is 2.52 bits per heavy atom. The smallest absolute Gasteiger partial charge is 0.224 e. The lowest BCUT2D eigenvalue weighted by Crippen LogP contribution is -2.43. The van der Waals surface area contributed by atoms with E-state index in [1.807, 2.05) is 31.2 Å². The highest BCUT2D eigenvalue weighted by molar-refractivity contribution is 7.15. The Hall–Kier alpha value is -2.17. The van der Waals surface area contributed by atoms with Crippen LogP contribution in [-0.4, -0.2) is 58.6 Å². The van der Waals surface area contributed by atoms with Crippen LogP contribution in [0.2, 0.25) is 0 Å². The fraction of sp³-hybridized carbons (Fsp3) is 0.360. The highest BCUT2D eigenvalue weighted by Crippen LogP contribution is 2.42. The maximum absolute atomic E-state index is 13.2. The van der Waals surface area contributed by atoms with Gasteiger partial charge in [-0.25, -0.2) is 4.39 Å². The van der Waals surface area contributed by atoms with Crippen LogP contribution in [0.15, 0.2) is 54.6 Å². The van der Waals surface area contributed by atoms with E-state index in [2.05, 4.69) is 0 Å². The van der Waals surface area contributed by atoms with Gasteiger partial charge in [0.05, 0.1) is 6.61 Å². The van der Waals surface area contributed by atoms with Crippen LogP contribution in [0.25, 0.3) is 10.4 Å². The van der Waals surface area contributed by atoms with Crippen LogP contribution in [0.5, 0.6) is 0 Å². The van der Waals surface area contributed by atoms with Crippen LogP contribution >= 0.6 is 11.3 Å². The largest absolute Gasteiger partial charge is 0.394 e. The number of halogens is 1. The van der Waals surface area contributed by atoms with E-state index >= 15 is 0 Å². The molecule has 6 nitrogen and oxygen atoms in total. The summed E-state index contributed by atoms with van der Waals surface area (Å²) in [6.07, 6.45) is -4.85. The van der Waals surface area contributed by atoms with Crippen molar-refractivity contribution in [1.82, 2.24) is 0 Å². The molecule has 1 saturated heterocycles. The molecular formula is C25H27FO6S. The third-order valence-corrected chi connectivity index (χ3v) is 7.27. The predicted octanol–water partition coefficient (Wildman–Crippen LogP) is 2.73. The minimum Gasteiger partial charge on any atom is -0.394 e. The van der Waals surface area contributed by atoms with E-state index in [1.54, 1.807) is 29.5 Å². The van der Waals surface area contributed by atoms with Crippen LogP contribution in [0.1, 0.15) is 21.6 Å². The molecular weight excluding hydrogens is 447 g/mol. The number of hydrogen-bond donors (Lipinski definition) is 4. The van der Waals surface area contributed by atoms with Crippen molar-refractivity contribution in [3.05, 3.63) is 82.0 Å². The zero-order valence-corrected chi connectivity index (χ0v) is 19.1. The lowest BCUT2D eigenvalue weighted by molar-refractivity contribution is -0.263. The fourth-order valence-electron chi connectivity index (χ4n) is 4.19. The molecule has 176 valence electrons. The van der Waals surface area contributed by atoms with Crippen molar-refractivity contribution >= 4 is 11.3 Å². The van der Waals surface area contributed by atoms with Gasteiger partial charge in [-0.2, -0.15) is 0 Å². The monoisotopic (exact) mass is 474 g/mol. The van der Waals surface area contributed by atoms with Gasteiger partial charge in [-0.05, 0) is 53.9 Å². The molecule has 0 saturated carbocycles. The molecule has 2 heterocycles. The number of benzene rings is 2. The first-order valence-corrected chi connectivity index (χ1v) is 11.4. The van der Waals surface area contributed by atoms with Crippen LogP contribution in [-0.2, 0) is 21.7 Å². The van der Waals surface area contributed by atoms with Crippen molar-refractivity contribution in [2.45, 2.75) is 43.5 Å². The van der Waals surface area contributed by atoms with Gasteiger partial charge in [0, 0.05) is 28.8 Å². The molecule has 0 amide bonds. The average Bonchev–Trinajstić information content (AvgIpc) is 3.39. The molecule has 1 aliphatic heterocycles. The van der Waals surface area contributed by atoms with Crippen LogP contribution in [0.4, 0.5) is 4.39 Å². The van der Waals surface area contributed by atoms with Crippen molar-refractivity contribution in [2.24, 2.45) is 0 Å². The second-order valence-corrected chi connectivity index (χ2v) is 9.40. The molecule has 3 aromatic rings. The van der Waals surface area contributed by atoms with E-state index < -0.39 is 36.8 Å². The second-order valence-electron chi connectivity index (χ2n) is 8.23. The summed E-state index contributed by atoms with van der Waals surface area (Å²) in [5.74, 6) is -1.96. The number of ether oxygens (including phenoxy) is 2. The summed E-state index contributed by atoms with van der Waals surface area (Å²) >= 11 is 1.61. The van der Waals surface area contributed by atoms with Gasteiger partial charge in [0.25, 0.3) is 0 Å². The summed E-state index contributed by atoms with van der Waals surface area (Å²) in [5.41, 5.74) is 3.45. The van der Waals surface area contributed by atoms with E-state index in [0.29, 0.717) is 12.0 Å². The lowest BCUT2D eigenvalue weighted by atomic mass is 9.93. The van der Waals surface area contributed by atoms with Crippen molar-refractivity contribution < 1.29 is 34.3 Å². The first-order valence-electron chi connectivity index (χ1n) is 10.6. The number of aliphatic hydroxyl groups is 4. The quantitative estimate of drug-likeness (QED) is 0.420. The van der Waals surface area contributed by atoms with Gasteiger partial charge >= 0.3 is 0 Å². The van der Waals surface area contributed by atoms with Gasteiger partial charge < -0.3 is 29.9 Å². The zero-order valence-electron chi connectivity index (χ0n) is 18.3. The Morgan fingerprint density at radius 1 is 1.12 bits per heavy atom. The first-order chi connectivity index (χ1) is 15.8. The molecule has 0 aliphatic carbocycles. The standard InChI is InChI=1S/C25H27FO6S/c1-14-3-6-17(25(31-2)24(30)22(29)23(32-25)20(28)13-27)11-16(14)12-19-9-10-21(33-19)15-4-7-18(26)8-5-15/h3-11,20,22-24,27-30H,12-13H2,1-2H3/t20-,22+,23-,24-,25?/m1/s1. The molecule has 8 heteroatoms. The summed E-state index contributed by atoms with van der Waals surface area (Å²) in [6, 6.07) is 15.9. The Bertz CT molecular complexity index is 1100. The van der Waals surface area contributed by atoms with Gasteiger partial charge in [0.1, 0.15) is 30.2 Å². The Morgan fingerprint density at radius 2 is 1.85 bits per heavy atom. The van der Waals surface area contributed by atoms with Crippen LogP contribution in [0, 0.1) is 12.7 Å². The number of hydrogen-bond acceptors (Lipinski definition) is 7. The van der Waals surface area contributed by atoms with Crippen molar-refractivity contribution in [1.29, 1.82) is 0 Å². The Kier molecular flexibility index (Phi) is 6.97. The third kappa shape index (κ3) is 4.48. The lowest BCUT2D eigenvalue weighted by Gasteiger charge is -2.32. The van der Waals surface area contributed by atoms with Crippen LogP contribution in [0.3, 0.4) is 0 Å². The Balaban J connectivity index is 1.62. The number of aliphatic hydroxyl groups excluding tert-OH is 4. The molecule has 1 aliphatic rings. The van der Waals surface area contributed by atoms with E-state index in [9.17, 15) is 24.8 Å². The minimum absolute atomic E-state index is 0.273. The second kappa shape index (κ2) is 9.60. The number of methoxy groups -OCH3 is 1. The average molecular weight is 475 g/mol. The highest BCUT2D eigenvalue weighted by atomic mass is 32.1. The van der Waals surface area contributed by atoms with Gasteiger partial charge in [0.2, 0.25) is 5.79 Å². The SMILES string of the molecule is COC1(c2ccc(C)c(Cc3ccc(-c4ccc(F)cc4)s3)c2)O[C@H]([C@H](O)CO)[C@H](O)[C@H]1O. The summed E-state index contributed by atoms with van der Waals surface area (Å²) in [6.45, 7) is 1.36. The number of aryl methyl sites for hydroxylation is 1. The maximum Gasteiger partial charge on any atom is 0.224 e. The van der Waals surface area contributed by atoms with Gasteiger partial charge in [-0.15, -0.1) is 11.3 Å². The number of thiophene rings is 1. The predicted molar refractivity (Wildman–Crippen MR) is 122 cm³/mol. The minimum atomic E-state index is -1.68. The molecule has 33 heavy (non-hydrogen) atoms. The summed E-state index contributed by atoms with van der Waals surface area (Å²) in [4.78, 5) is 2.13. The van der Waals surface area contributed by atoms with E-state index in [1.165, 1.54) is 19.2 Å². The molecule has 4 rings (SSSR count). The Labute approximate surface area is 195 Å². The molecule has 1 aromatic heterocycles. The highest BCUT2D eigenvalue weighted by Gasteiger charge is 2.57. The molecule has 2 aromatic carbocycles. The molecule has 1 fully saturated rings. The van der Waals surface area contributed by atoms with Crippen molar-refractivity contribution in [3.8, 4) is 10.4 Å². The van der Waals surface area contributed by atoms with Gasteiger partial charge in [-0.1, -0.05) is 24.3 Å². The van der Waals surface area contributed by atoms with Crippen molar-refractivity contribution in [3.63, 3.8) is 0 Å². The topological polar surface area (TPSA) is 99.4 Å². The molecule has 4 N–H and O–H groups in total. The van der Waals surface area contributed by atoms with Gasteiger partial charge in [0.15, 0.2) is 0 Å². The molecule has 0 radical (unpaired) electrons.